The first-order chi connectivity index (χ1) is 20.0. The molecule has 1 saturated heterocycles. The maximum absolute atomic E-state index is 15.0. The Balaban J connectivity index is 1.44. The maximum atomic E-state index is 15.0. The molecule has 0 spiro atoms. The molecule has 9 nitrogen and oxygen atoms in total. The van der Waals surface area contributed by atoms with Crippen LogP contribution in [-0.2, 0) is 9.53 Å². The molecule has 1 atom stereocenters. The van der Waals surface area contributed by atoms with Crippen molar-refractivity contribution in [2.75, 3.05) is 60.2 Å². The lowest BCUT2D eigenvalue weighted by Crippen LogP contribution is -2.46. The number of benzene rings is 2. The van der Waals surface area contributed by atoms with Gasteiger partial charge in [0.1, 0.15) is 23.9 Å². The van der Waals surface area contributed by atoms with Crippen molar-refractivity contribution in [2.45, 2.75) is 12.5 Å². The third kappa shape index (κ3) is 6.58. The first-order valence-electron chi connectivity index (χ1n) is 13.5. The number of amides is 2. The zero-order valence-corrected chi connectivity index (χ0v) is 23.9. The third-order valence-electron chi connectivity index (χ3n) is 7.28. The first-order valence-corrected chi connectivity index (χ1v) is 14.4. The van der Waals surface area contributed by atoms with Crippen molar-refractivity contribution >= 4 is 28.9 Å². The number of carbonyl (C=O) groups excluding carboxylic acids is 2. The number of methoxy groups -OCH3 is 2. The van der Waals surface area contributed by atoms with Crippen LogP contribution in [0.3, 0.4) is 0 Å². The van der Waals surface area contributed by atoms with Crippen LogP contribution < -0.4 is 9.47 Å². The molecule has 216 valence electrons. The second-order valence-electron chi connectivity index (χ2n) is 9.75. The second-order valence-corrected chi connectivity index (χ2v) is 10.7. The number of ether oxygens (including phenoxy) is 3. The molecule has 0 saturated carbocycles. The number of hydrogen-bond acceptors (Lipinski definition) is 8. The standard InChI is InChI=1S/C30H33FN4O5S/c1-38-21-9-10-23(27(18-21)39-2)25-19-26(22-6-3-4-7-24(22)31)35(32-25)29(36)20-34(30(37)28-8-5-17-41-28)12-11-33-13-15-40-16-14-33/h3-10,17-18,26H,11-16,19-20H2,1-2H3/t26-/m1/s1. The summed E-state index contributed by atoms with van der Waals surface area (Å²) < 4.78 is 31.4. The van der Waals surface area contributed by atoms with E-state index in [4.69, 9.17) is 19.3 Å². The van der Waals surface area contributed by atoms with Crippen LogP contribution in [-0.4, -0.2) is 92.5 Å². The average molecular weight is 581 g/mol. The molecule has 11 heteroatoms. The number of carbonyl (C=O) groups is 2. The minimum Gasteiger partial charge on any atom is -0.497 e. The summed E-state index contributed by atoms with van der Waals surface area (Å²) in [5, 5.41) is 7.85. The van der Waals surface area contributed by atoms with E-state index in [2.05, 4.69) is 4.90 Å². The molecule has 0 radical (unpaired) electrons. The number of hydrazone groups is 1. The van der Waals surface area contributed by atoms with Gasteiger partial charge in [-0.3, -0.25) is 14.5 Å². The van der Waals surface area contributed by atoms with Crippen LogP contribution >= 0.6 is 11.3 Å². The van der Waals surface area contributed by atoms with E-state index in [-0.39, 0.29) is 18.9 Å². The Labute approximate surface area is 242 Å². The highest BCUT2D eigenvalue weighted by molar-refractivity contribution is 7.12. The fraction of sp³-hybridized carbons (Fsp3) is 0.367. The topological polar surface area (TPSA) is 83.9 Å². The Morgan fingerprint density at radius 3 is 2.61 bits per heavy atom. The van der Waals surface area contributed by atoms with Gasteiger partial charge in [-0.05, 0) is 29.6 Å². The van der Waals surface area contributed by atoms with Crippen LogP contribution in [0.4, 0.5) is 4.39 Å². The quantitative estimate of drug-likeness (QED) is 0.360. The number of hydrogen-bond donors (Lipinski definition) is 0. The first kappa shape index (κ1) is 28.7. The van der Waals surface area contributed by atoms with Gasteiger partial charge in [0, 0.05) is 49.8 Å². The molecule has 3 aromatic rings. The van der Waals surface area contributed by atoms with Crippen molar-refractivity contribution < 1.29 is 28.2 Å². The van der Waals surface area contributed by atoms with E-state index in [0.717, 1.165) is 13.1 Å². The van der Waals surface area contributed by atoms with Gasteiger partial charge in [-0.2, -0.15) is 5.10 Å². The molecule has 2 aromatic carbocycles. The summed E-state index contributed by atoms with van der Waals surface area (Å²) >= 11 is 1.33. The predicted octanol–water partition coefficient (Wildman–Crippen LogP) is 4.06. The summed E-state index contributed by atoms with van der Waals surface area (Å²) in [6, 6.07) is 14.6. The molecule has 0 N–H and O–H groups in total. The van der Waals surface area contributed by atoms with Crippen molar-refractivity contribution in [1.29, 1.82) is 0 Å². The lowest BCUT2D eigenvalue weighted by molar-refractivity contribution is -0.133. The fourth-order valence-corrected chi connectivity index (χ4v) is 5.75. The second kappa shape index (κ2) is 13.2. The minimum absolute atomic E-state index is 0.192. The largest absolute Gasteiger partial charge is 0.497 e. The Morgan fingerprint density at radius 2 is 1.90 bits per heavy atom. The van der Waals surface area contributed by atoms with Gasteiger partial charge >= 0.3 is 0 Å². The van der Waals surface area contributed by atoms with Gasteiger partial charge in [-0.15, -0.1) is 11.3 Å². The fourth-order valence-electron chi connectivity index (χ4n) is 5.06. The number of morpholine rings is 1. The SMILES string of the molecule is COc1ccc(C2=NN(C(=O)CN(CCN3CCOCC3)C(=O)c3cccs3)[C@@H](c3ccccc3F)C2)c(OC)c1. The molecule has 1 aromatic heterocycles. The minimum atomic E-state index is -0.677. The molecule has 3 heterocycles. The Hall–Kier alpha value is -3.80. The number of thiophene rings is 1. The Morgan fingerprint density at radius 1 is 1.10 bits per heavy atom. The monoisotopic (exact) mass is 580 g/mol. The molecule has 2 aliphatic rings. The highest BCUT2D eigenvalue weighted by atomic mass is 32.1. The van der Waals surface area contributed by atoms with Gasteiger partial charge < -0.3 is 19.1 Å². The van der Waals surface area contributed by atoms with Gasteiger partial charge in [0.15, 0.2) is 0 Å². The van der Waals surface area contributed by atoms with E-state index >= 15 is 4.39 Å². The maximum Gasteiger partial charge on any atom is 0.264 e. The van der Waals surface area contributed by atoms with Crippen LogP contribution in [0.2, 0.25) is 0 Å². The van der Waals surface area contributed by atoms with Crippen molar-refractivity contribution in [3.05, 3.63) is 81.8 Å². The van der Waals surface area contributed by atoms with Gasteiger partial charge in [0.25, 0.3) is 11.8 Å². The van der Waals surface area contributed by atoms with Crippen LogP contribution in [0.1, 0.15) is 33.3 Å². The molecule has 0 unspecified atom stereocenters. The molecule has 1 fully saturated rings. The summed E-state index contributed by atoms with van der Waals surface area (Å²) in [5.41, 5.74) is 1.62. The lowest BCUT2D eigenvalue weighted by atomic mass is 9.97. The van der Waals surface area contributed by atoms with Gasteiger partial charge in [-0.1, -0.05) is 24.3 Å². The van der Waals surface area contributed by atoms with Gasteiger partial charge in [-0.25, -0.2) is 9.40 Å². The zero-order valence-electron chi connectivity index (χ0n) is 23.1. The van der Waals surface area contributed by atoms with Crippen molar-refractivity contribution in [1.82, 2.24) is 14.8 Å². The molecular weight excluding hydrogens is 547 g/mol. The summed E-state index contributed by atoms with van der Waals surface area (Å²) in [6.07, 6.45) is 0.280. The van der Waals surface area contributed by atoms with Crippen molar-refractivity contribution in [3.63, 3.8) is 0 Å². The lowest BCUT2D eigenvalue weighted by Gasteiger charge is -2.31. The van der Waals surface area contributed by atoms with E-state index < -0.39 is 17.8 Å². The Kier molecular flexibility index (Phi) is 9.28. The average Bonchev–Trinajstić information content (AvgIpc) is 3.70. The normalized spacial score (nSPS) is 17.3. The highest BCUT2D eigenvalue weighted by Gasteiger charge is 2.36. The molecule has 41 heavy (non-hydrogen) atoms. The van der Waals surface area contributed by atoms with Gasteiger partial charge in [0.05, 0.1) is 44.1 Å². The molecule has 2 amide bonds. The summed E-state index contributed by atoms with van der Waals surface area (Å²) in [6.45, 7) is 3.61. The summed E-state index contributed by atoms with van der Waals surface area (Å²) in [7, 11) is 3.12. The third-order valence-corrected chi connectivity index (χ3v) is 8.14. The van der Waals surface area contributed by atoms with Crippen molar-refractivity contribution in [2.24, 2.45) is 5.10 Å². The van der Waals surface area contributed by atoms with E-state index in [1.807, 2.05) is 17.5 Å². The van der Waals surface area contributed by atoms with E-state index in [9.17, 15) is 9.59 Å². The predicted molar refractivity (Wildman–Crippen MR) is 154 cm³/mol. The zero-order chi connectivity index (χ0) is 28.8. The molecular formula is C30H33FN4O5S. The smallest absolute Gasteiger partial charge is 0.264 e. The van der Waals surface area contributed by atoms with E-state index in [1.54, 1.807) is 55.5 Å². The van der Waals surface area contributed by atoms with E-state index in [0.29, 0.717) is 59.5 Å². The van der Waals surface area contributed by atoms with Crippen molar-refractivity contribution in [3.8, 4) is 11.5 Å². The van der Waals surface area contributed by atoms with Crippen LogP contribution in [0, 0.1) is 5.82 Å². The molecule has 2 aliphatic heterocycles. The van der Waals surface area contributed by atoms with Crippen LogP contribution in [0.15, 0.2) is 65.1 Å². The van der Waals surface area contributed by atoms with E-state index in [1.165, 1.54) is 22.4 Å². The van der Waals surface area contributed by atoms with Gasteiger partial charge in [0.2, 0.25) is 0 Å². The molecule has 0 aliphatic carbocycles. The number of halogens is 1. The van der Waals surface area contributed by atoms with Crippen LogP contribution in [0.5, 0.6) is 11.5 Å². The number of nitrogens with zero attached hydrogens (tertiary/aromatic N) is 4. The number of rotatable bonds is 10. The van der Waals surface area contributed by atoms with Crippen LogP contribution in [0.25, 0.3) is 0 Å². The molecule has 5 rings (SSSR count). The highest BCUT2D eigenvalue weighted by Crippen LogP contribution is 2.37. The summed E-state index contributed by atoms with van der Waals surface area (Å²) in [5.74, 6) is 0.111. The Bertz CT molecular complexity index is 1390. The molecule has 0 bridgehead atoms. The summed E-state index contributed by atoms with van der Waals surface area (Å²) in [4.78, 5) is 31.7.